The van der Waals surface area contributed by atoms with Gasteiger partial charge < -0.3 is 4.74 Å². The first-order chi connectivity index (χ1) is 8.55. The first-order valence-electron chi connectivity index (χ1n) is 5.69. The van der Waals surface area contributed by atoms with Gasteiger partial charge in [0.1, 0.15) is 0 Å². The van der Waals surface area contributed by atoms with Gasteiger partial charge in [-0.05, 0) is 25.0 Å². The lowest BCUT2D eigenvalue weighted by molar-refractivity contribution is 0.0570. The molecule has 1 aromatic rings. The van der Waals surface area contributed by atoms with E-state index < -0.39 is 20.9 Å². The minimum absolute atomic E-state index is 0.139. The molecule has 1 saturated heterocycles. The summed E-state index contributed by atoms with van der Waals surface area (Å²) in [6.45, 7) is 0.618. The van der Waals surface area contributed by atoms with E-state index in [-0.39, 0.29) is 12.6 Å². The second kappa shape index (κ2) is 5.29. The quantitative estimate of drug-likeness (QED) is 0.825. The fourth-order valence-electron chi connectivity index (χ4n) is 2.00. The highest BCUT2D eigenvalue weighted by atomic mass is 32.2. The van der Waals surface area contributed by atoms with Gasteiger partial charge in [-0.15, -0.1) is 0 Å². The van der Waals surface area contributed by atoms with Crippen molar-refractivity contribution in [3.05, 3.63) is 24.1 Å². The molecule has 0 bridgehead atoms. The molecule has 18 heavy (non-hydrogen) atoms. The number of halogens is 1. The standard InChI is InChI=1S/C11H15FN2O3S/c1-17-9-4-3-7-14(8-9)18(15,16)11-10(12)5-2-6-13-11/h2,5-6,9H,3-4,7-8H2,1H3. The van der Waals surface area contributed by atoms with E-state index in [1.165, 1.54) is 16.6 Å². The first kappa shape index (κ1) is 13.4. The zero-order valence-corrected chi connectivity index (χ0v) is 10.9. The van der Waals surface area contributed by atoms with Crippen LogP contribution in [0.4, 0.5) is 4.39 Å². The molecule has 1 aliphatic rings. The molecule has 5 nitrogen and oxygen atoms in total. The average Bonchev–Trinajstić information content (AvgIpc) is 2.39. The number of methoxy groups -OCH3 is 1. The van der Waals surface area contributed by atoms with Gasteiger partial charge in [-0.1, -0.05) is 0 Å². The summed E-state index contributed by atoms with van der Waals surface area (Å²) in [5.74, 6) is -0.822. The van der Waals surface area contributed by atoms with Crippen molar-refractivity contribution >= 4 is 10.0 Å². The molecule has 1 atom stereocenters. The Hall–Kier alpha value is -1.05. The zero-order chi connectivity index (χ0) is 13.2. The minimum Gasteiger partial charge on any atom is -0.380 e. The van der Waals surface area contributed by atoms with E-state index in [9.17, 15) is 12.8 Å². The SMILES string of the molecule is COC1CCCN(S(=O)(=O)c2ncccc2F)C1. The van der Waals surface area contributed by atoms with Crippen molar-refractivity contribution in [2.45, 2.75) is 24.0 Å². The van der Waals surface area contributed by atoms with Crippen molar-refractivity contribution < 1.29 is 17.5 Å². The third-order valence-corrected chi connectivity index (χ3v) is 4.78. The molecule has 0 N–H and O–H groups in total. The summed E-state index contributed by atoms with van der Waals surface area (Å²) in [4.78, 5) is 3.63. The van der Waals surface area contributed by atoms with Crippen LogP contribution in [0.5, 0.6) is 0 Å². The second-order valence-corrected chi connectivity index (χ2v) is 6.01. The molecule has 1 aromatic heterocycles. The fraction of sp³-hybridized carbons (Fsp3) is 0.545. The fourth-order valence-corrected chi connectivity index (χ4v) is 3.48. The molecular weight excluding hydrogens is 259 g/mol. The number of ether oxygens (including phenoxy) is 1. The predicted octanol–water partition coefficient (Wildman–Crippen LogP) is 1.02. The lowest BCUT2D eigenvalue weighted by Gasteiger charge is -2.30. The molecule has 0 saturated carbocycles. The Balaban J connectivity index is 2.29. The van der Waals surface area contributed by atoms with E-state index in [0.29, 0.717) is 13.0 Å². The van der Waals surface area contributed by atoms with Gasteiger partial charge in [0.25, 0.3) is 10.0 Å². The number of piperidine rings is 1. The van der Waals surface area contributed by atoms with Crippen LogP contribution in [0.15, 0.2) is 23.4 Å². The summed E-state index contributed by atoms with van der Waals surface area (Å²) in [5.41, 5.74) is 0. The van der Waals surface area contributed by atoms with Crippen LogP contribution in [0, 0.1) is 5.82 Å². The van der Waals surface area contributed by atoms with Gasteiger partial charge in [-0.3, -0.25) is 0 Å². The van der Waals surface area contributed by atoms with Crippen LogP contribution in [-0.4, -0.2) is 44.0 Å². The van der Waals surface area contributed by atoms with E-state index in [2.05, 4.69) is 4.98 Å². The number of hydrogen-bond acceptors (Lipinski definition) is 4. The molecule has 0 amide bonds. The Kier molecular flexibility index (Phi) is 3.94. The molecule has 100 valence electrons. The number of aromatic nitrogens is 1. The minimum atomic E-state index is -3.87. The summed E-state index contributed by atoms with van der Waals surface area (Å²) < 4.78 is 44.4. The average molecular weight is 274 g/mol. The first-order valence-corrected chi connectivity index (χ1v) is 7.13. The summed E-state index contributed by atoms with van der Waals surface area (Å²) in [7, 11) is -2.32. The van der Waals surface area contributed by atoms with E-state index in [1.54, 1.807) is 7.11 Å². The Morgan fingerprint density at radius 1 is 1.56 bits per heavy atom. The van der Waals surface area contributed by atoms with Crippen molar-refractivity contribution in [1.29, 1.82) is 0 Å². The molecule has 2 heterocycles. The summed E-state index contributed by atoms with van der Waals surface area (Å²) in [5, 5.41) is -0.512. The van der Waals surface area contributed by atoms with Crippen LogP contribution in [0.1, 0.15) is 12.8 Å². The zero-order valence-electron chi connectivity index (χ0n) is 10.0. The molecule has 1 unspecified atom stereocenters. The lowest BCUT2D eigenvalue weighted by atomic mass is 10.1. The van der Waals surface area contributed by atoms with Gasteiger partial charge in [0.05, 0.1) is 6.10 Å². The van der Waals surface area contributed by atoms with Gasteiger partial charge in [-0.25, -0.2) is 17.8 Å². The Morgan fingerprint density at radius 3 is 3.00 bits per heavy atom. The number of rotatable bonds is 3. The highest BCUT2D eigenvalue weighted by molar-refractivity contribution is 7.89. The van der Waals surface area contributed by atoms with Gasteiger partial charge in [0, 0.05) is 26.4 Å². The van der Waals surface area contributed by atoms with E-state index in [1.807, 2.05) is 0 Å². The molecule has 1 fully saturated rings. The van der Waals surface area contributed by atoms with Crippen LogP contribution >= 0.6 is 0 Å². The Bertz CT molecular complexity index is 521. The van der Waals surface area contributed by atoms with Crippen molar-refractivity contribution in [2.75, 3.05) is 20.2 Å². The van der Waals surface area contributed by atoms with Crippen molar-refractivity contribution in [2.24, 2.45) is 0 Å². The Morgan fingerprint density at radius 2 is 2.33 bits per heavy atom. The third-order valence-electron chi connectivity index (χ3n) is 2.98. The maximum absolute atomic E-state index is 13.5. The van der Waals surface area contributed by atoms with Gasteiger partial charge in [-0.2, -0.15) is 4.31 Å². The van der Waals surface area contributed by atoms with Gasteiger partial charge >= 0.3 is 0 Å². The maximum atomic E-state index is 13.5. The number of pyridine rings is 1. The highest BCUT2D eigenvalue weighted by Gasteiger charge is 2.32. The molecule has 0 aromatic carbocycles. The third kappa shape index (κ3) is 2.52. The Labute approximate surface area is 106 Å². The topological polar surface area (TPSA) is 59.5 Å². The van der Waals surface area contributed by atoms with Gasteiger partial charge in [0.2, 0.25) is 5.03 Å². The van der Waals surface area contributed by atoms with Crippen LogP contribution in [0.2, 0.25) is 0 Å². The number of hydrogen-bond donors (Lipinski definition) is 0. The molecule has 0 radical (unpaired) electrons. The van der Waals surface area contributed by atoms with E-state index >= 15 is 0 Å². The summed E-state index contributed by atoms with van der Waals surface area (Å²) in [6, 6.07) is 2.46. The molecular formula is C11H15FN2O3S. The van der Waals surface area contributed by atoms with Crippen molar-refractivity contribution in [3.63, 3.8) is 0 Å². The highest BCUT2D eigenvalue weighted by Crippen LogP contribution is 2.21. The molecule has 7 heteroatoms. The normalized spacial score (nSPS) is 22.0. The maximum Gasteiger partial charge on any atom is 0.263 e. The predicted molar refractivity (Wildman–Crippen MR) is 63.0 cm³/mol. The van der Waals surface area contributed by atoms with Crippen molar-refractivity contribution in [3.8, 4) is 0 Å². The summed E-state index contributed by atoms with van der Waals surface area (Å²) >= 11 is 0. The second-order valence-electron chi connectivity index (χ2n) is 4.15. The van der Waals surface area contributed by atoms with Crippen LogP contribution in [0.3, 0.4) is 0 Å². The monoisotopic (exact) mass is 274 g/mol. The van der Waals surface area contributed by atoms with E-state index in [4.69, 9.17) is 4.74 Å². The number of nitrogens with zero attached hydrogens (tertiary/aromatic N) is 2. The van der Waals surface area contributed by atoms with Crippen molar-refractivity contribution in [1.82, 2.24) is 9.29 Å². The van der Waals surface area contributed by atoms with Crippen LogP contribution in [-0.2, 0) is 14.8 Å². The molecule has 0 spiro atoms. The molecule has 0 aliphatic carbocycles. The summed E-state index contributed by atoms with van der Waals surface area (Å²) in [6.07, 6.45) is 2.65. The van der Waals surface area contributed by atoms with Crippen LogP contribution in [0.25, 0.3) is 0 Å². The van der Waals surface area contributed by atoms with E-state index in [0.717, 1.165) is 12.5 Å². The smallest absolute Gasteiger partial charge is 0.263 e. The molecule has 2 rings (SSSR count). The molecule has 1 aliphatic heterocycles. The van der Waals surface area contributed by atoms with Gasteiger partial charge in [0.15, 0.2) is 5.82 Å². The lowest BCUT2D eigenvalue weighted by Crippen LogP contribution is -2.43. The van der Waals surface area contributed by atoms with Crippen LogP contribution < -0.4 is 0 Å². The number of sulfonamides is 1. The largest absolute Gasteiger partial charge is 0.380 e.